The number of halogens is 3. The third-order valence-electron chi connectivity index (χ3n) is 5.89. The van der Waals surface area contributed by atoms with Gasteiger partial charge in [-0.25, -0.2) is 0 Å². The van der Waals surface area contributed by atoms with Crippen molar-refractivity contribution < 1.29 is 5.11 Å². The molecule has 5 heteroatoms. The first kappa shape index (κ1) is 23.4. The highest BCUT2D eigenvalue weighted by Crippen LogP contribution is 2.49. The molecule has 3 aromatic carbocycles. The Morgan fingerprint density at radius 2 is 1.56 bits per heavy atom. The molecule has 3 aromatic rings. The van der Waals surface area contributed by atoms with Crippen molar-refractivity contribution in [1.82, 2.24) is 5.32 Å². The Morgan fingerprint density at radius 3 is 2.28 bits per heavy atom. The molecule has 2 nitrogen and oxygen atoms in total. The molecule has 0 saturated carbocycles. The Hall–Kier alpha value is -1.81. The monoisotopic (exact) mass is 485 g/mol. The number of hydrogen-bond donors (Lipinski definition) is 2. The molecular formula is C27H26Cl3NO. The molecule has 2 N–H and O–H groups in total. The van der Waals surface area contributed by atoms with Crippen LogP contribution in [0.25, 0.3) is 22.8 Å². The Balaban J connectivity index is 1.82. The van der Waals surface area contributed by atoms with E-state index in [-0.39, 0.29) is 0 Å². The van der Waals surface area contributed by atoms with Gasteiger partial charge in [-0.3, -0.25) is 0 Å². The fraction of sp³-hybridized carbons (Fsp3) is 0.259. The maximum Gasteiger partial charge on any atom is 0.0921 e. The highest BCUT2D eigenvalue weighted by Gasteiger charge is 2.29. The van der Waals surface area contributed by atoms with Gasteiger partial charge in [0.05, 0.1) is 6.10 Å². The zero-order chi connectivity index (χ0) is 22.8. The standard InChI is InChI=1S/C27H26Cl3NO/c1-3-4-16(2)31-15-26(32)25-14-20(30)13-24-22(11-17-5-7-18(28)8-6-17)23-12-19(29)9-10-21(23)27(24)25/h5-14,16,26,31-32H,3-4,15H2,1-2H3. The van der Waals surface area contributed by atoms with Crippen molar-refractivity contribution in [3.63, 3.8) is 0 Å². The van der Waals surface area contributed by atoms with Gasteiger partial charge in [0.15, 0.2) is 0 Å². The first-order valence-electron chi connectivity index (χ1n) is 10.9. The topological polar surface area (TPSA) is 32.3 Å². The Labute approximate surface area is 204 Å². The molecule has 32 heavy (non-hydrogen) atoms. The van der Waals surface area contributed by atoms with Crippen molar-refractivity contribution in [2.24, 2.45) is 0 Å². The molecular weight excluding hydrogens is 461 g/mol. The molecule has 1 aliphatic rings. The first-order valence-corrected chi connectivity index (χ1v) is 12.0. The molecule has 0 aliphatic heterocycles. The van der Waals surface area contributed by atoms with E-state index in [2.05, 4.69) is 25.2 Å². The lowest BCUT2D eigenvalue weighted by molar-refractivity contribution is 0.170. The molecule has 0 spiro atoms. The summed E-state index contributed by atoms with van der Waals surface area (Å²) in [5, 5.41) is 16.5. The van der Waals surface area contributed by atoms with Crippen molar-refractivity contribution >= 4 is 46.5 Å². The van der Waals surface area contributed by atoms with Crippen LogP contribution in [0.5, 0.6) is 0 Å². The lowest BCUT2D eigenvalue weighted by Gasteiger charge is -2.20. The van der Waals surface area contributed by atoms with Gasteiger partial charge in [-0.2, -0.15) is 0 Å². The van der Waals surface area contributed by atoms with Crippen LogP contribution in [0.1, 0.15) is 55.0 Å². The molecule has 1 aliphatic carbocycles. The number of aliphatic hydroxyl groups is 1. The third kappa shape index (κ3) is 4.90. The summed E-state index contributed by atoms with van der Waals surface area (Å²) in [6.45, 7) is 4.77. The number of fused-ring (bicyclic) bond motifs is 3. The predicted octanol–water partition coefficient (Wildman–Crippen LogP) is 8.03. The number of hydrogen-bond acceptors (Lipinski definition) is 2. The molecule has 0 saturated heterocycles. The van der Waals surface area contributed by atoms with Crippen LogP contribution >= 0.6 is 34.8 Å². The van der Waals surface area contributed by atoms with Gasteiger partial charge in [0, 0.05) is 27.7 Å². The summed E-state index contributed by atoms with van der Waals surface area (Å²) >= 11 is 19.0. The lowest BCUT2D eigenvalue weighted by atomic mass is 9.95. The summed E-state index contributed by atoms with van der Waals surface area (Å²) in [5.74, 6) is 0. The molecule has 0 bridgehead atoms. The van der Waals surface area contributed by atoms with Crippen LogP contribution in [0.2, 0.25) is 15.1 Å². The van der Waals surface area contributed by atoms with Gasteiger partial charge >= 0.3 is 0 Å². The van der Waals surface area contributed by atoms with Crippen LogP contribution in [0.4, 0.5) is 0 Å². The average Bonchev–Trinajstić information content (AvgIpc) is 3.05. The lowest BCUT2D eigenvalue weighted by Crippen LogP contribution is -2.30. The second-order valence-corrected chi connectivity index (χ2v) is 9.64. The summed E-state index contributed by atoms with van der Waals surface area (Å²) in [7, 11) is 0. The van der Waals surface area contributed by atoms with Gasteiger partial charge in [0.25, 0.3) is 0 Å². The highest BCUT2D eigenvalue weighted by molar-refractivity contribution is 6.32. The molecule has 2 unspecified atom stereocenters. The molecule has 166 valence electrons. The largest absolute Gasteiger partial charge is 0.387 e. The van der Waals surface area contributed by atoms with E-state index in [0.29, 0.717) is 27.7 Å². The van der Waals surface area contributed by atoms with Crippen molar-refractivity contribution in [1.29, 1.82) is 0 Å². The van der Waals surface area contributed by atoms with E-state index in [1.807, 2.05) is 54.6 Å². The van der Waals surface area contributed by atoms with Crippen molar-refractivity contribution in [2.75, 3.05) is 6.54 Å². The van der Waals surface area contributed by atoms with Gasteiger partial charge < -0.3 is 10.4 Å². The third-order valence-corrected chi connectivity index (χ3v) is 6.59. The first-order chi connectivity index (χ1) is 15.4. The van der Waals surface area contributed by atoms with E-state index in [1.54, 1.807) is 0 Å². The van der Waals surface area contributed by atoms with Gasteiger partial charge in [0.2, 0.25) is 0 Å². The number of nitrogens with one attached hydrogen (secondary N) is 1. The van der Waals surface area contributed by atoms with Crippen LogP contribution in [0.3, 0.4) is 0 Å². The van der Waals surface area contributed by atoms with Crippen LogP contribution in [-0.4, -0.2) is 17.7 Å². The van der Waals surface area contributed by atoms with E-state index in [1.165, 1.54) is 0 Å². The molecule has 0 fully saturated rings. The Morgan fingerprint density at radius 1 is 0.875 bits per heavy atom. The van der Waals surface area contributed by atoms with Crippen molar-refractivity contribution in [3.05, 3.63) is 91.9 Å². The van der Waals surface area contributed by atoms with E-state index in [9.17, 15) is 5.11 Å². The minimum Gasteiger partial charge on any atom is -0.387 e. The number of benzene rings is 3. The van der Waals surface area contributed by atoms with Crippen LogP contribution in [-0.2, 0) is 0 Å². The van der Waals surface area contributed by atoms with Gasteiger partial charge in [-0.05, 0) is 94.8 Å². The summed E-state index contributed by atoms with van der Waals surface area (Å²) in [5.41, 5.74) is 6.98. The zero-order valence-electron chi connectivity index (χ0n) is 18.1. The predicted molar refractivity (Wildman–Crippen MR) is 138 cm³/mol. The van der Waals surface area contributed by atoms with E-state index in [4.69, 9.17) is 34.8 Å². The fourth-order valence-corrected chi connectivity index (χ4v) is 4.87. The van der Waals surface area contributed by atoms with Gasteiger partial charge in [-0.15, -0.1) is 0 Å². The normalized spacial score (nSPS) is 15.5. The smallest absolute Gasteiger partial charge is 0.0921 e. The molecule has 4 rings (SSSR count). The van der Waals surface area contributed by atoms with E-state index >= 15 is 0 Å². The van der Waals surface area contributed by atoms with Crippen LogP contribution in [0, 0.1) is 0 Å². The van der Waals surface area contributed by atoms with E-state index < -0.39 is 6.10 Å². The zero-order valence-corrected chi connectivity index (χ0v) is 20.4. The van der Waals surface area contributed by atoms with Gasteiger partial charge in [-0.1, -0.05) is 66.3 Å². The van der Waals surface area contributed by atoms with Crippen molar-refractivity contribution in [3.8, 4) is 11.1 Å². The molecule has 2 atom stereocenters. The number of aliphatic hydroxyl groups excluding tert-OH is 1. The highest BCUT2D eigenvalue weighted by atomic mass is 35.5. The SMILES string of the molecule is CCCC(C)NCC(O)c1cc(Cl)cc2c1-c1ccc(Cl)cc1C2=Cc1ccc(Cl)cc1. The molecule has 0 heterocycles. The maximum absolute atomic E-state index is 11.1. The second kappa shape index (κ2) is 9.99. The maximum atomic E-state index is 11.1. The minimum atomic E-state index is -0.680. The minimum absolute atomic E-state index is 0.341. The van der Waals surface area contributed by atoms with Gasteiger partial charge in [0.1, 0.15) is 0 Å². The van der Waals surface area contributed by atoms with Crippen molar-refractivity contribution in [2.45, 2.75) is 38.8 Å². The Bertz CT molecular complexity index is 1150. The summed E-state index contributed by atoms with van der Waals surface area (Å²) in [6.07, 6.45) is 3.60. The quantitative estimate of drug-likeness (QED) is 0.277. The summed E-state index contributed by atoms with van der Waals surface area (Å²) < 4.78 is 0. The molecule has 0 amide bonds. The fourth-order valence-electron chi connectivity index (χ4n) is 4.35. The Kier molecular flexibility index (Phi) is 7.29. The summed E-state index contributed by atoms with van der Waals surface area (Å²) in [6, 6.07) is 17.8. The average molecular weight is 487 g/mol. The van der Waals surface area contributed by atoms with E-state index in [0.717, 1.165) is 51.8 Å². The second-order valence-electron chi connectivity index (χ2n) is 8.33. The molecule has 0 aromatic heterocycles. The van der Waals surface area contributed by atoms with Crippen LogP contribution < -0.4 is 5.32 Å². The summed E-state index contributed by atoms with van der Waals surface area (Å²) in [4.78, 5) is 0. The molecule has 0 radical (unpaired) electrons. The van der Waals surface area contributed by atoms with Crippen LogP contribution in [0.15, 0.2) is 54.6 Å². The number of rotatable bonds is 7.